The van der Waals surface area contributed by atoms with Crippen LogP contribution in [0, 0.1) is 15.9 Å². The van der Waals surface area contributed by atoms with Crippen LogP contribution in [-0.4, -0.2) is 16.1 Å². The monoisotopic (exact) mass is 291 g/mol. The van der Waals surface area contributed by atoms with Crippen LogP contribution in [-0.2, 0) is 0 Å². The van der Waals surface area contributed by atoms with Crippen molar-refractivity contribution in [3.8, 4) is 5.75 Å². The Morgan fingerprint density at radius 3 is 2.29 bits per heavy atom. The van der Waals surface area contributed by atoms with Crippen molar-refractivity contribution in [2.45, 2.75) is 0 Å². The number of nitrogens with zero attached hydrogens (tertiary/aromatic N) is 1. The van der Waals surface area contributed by atoms with Crippen LogP contribution in [0.5, 0.6) is 5.75 Å². The van der Waals surface area contributed by atoms with E-state index in [1.165, 1.54) is 30.3 Å². The fourth-order valence-corrected chi connectivity index (χ4v) is 1.57. The first-order chi connectivity index (χ1) is 9.95. The number of nitro groups is 1. The fourth-order valence-electron chi connectivity index (χ4n) is 1.57. The van der Waals surface area contributed by atoms with E-state index in [9.17, 15) is 19.3 Å². The van der Waals surface area contributed by atoms with Crippen molar-refractivity contribution >= 4 is 23.1 Å². The minimum absolute atomic E-state index is 0.0510. The summed E-state index contributed by atoms with van der Waals surface area (Å²) in [6.45, 7) is 0. The average molecular weight is 291 g/mol. The minimum Gasteiger partial charge on any atom is -0.508 e. The van der Waals surface area contributed by atoms with Gasteiger partial charge in [0.25, 0.3) is 0 Å². The van der Waals surface area contributed by atoms with E-state index in [0.29, 0.717) is 5.69 Å². The van der Waals surface area contributed by atoms with Crippen molar-refractivity contribution in [1.82, 2.24) is 0 Å². The summed E-state index contributed by atoms with van der Waals surface area (Å²) < 4.78 is 13.1. The highest BCUT2D eigenvalue weighted by Gasteiger charge is 2.15. The molecule has 8 heteroatoms. The third-order valence-electron chi connectivity index (χ3n) is 2.53. The second-order valence-electron chi connectivity index (χ2n) is 4.05. The van der Waals surface area contributed by atoms with Gasteiger partial charge in [-0.15, -0.1) is 0 Å². The van der Waals surface area contributed by atoms with Crippen LogP contribution in [0.1, 0.15) is 0 Å². The normalized spacial score (nSPS) is 9.95. The van der Waals surface area contributed by atoms with E-state index < -0.39 is 22.5 Å². The quantitative estimate of drug-likeness (QED) is 0.459. The van der Waals surface area contributed by atoms with Gasteiger partial charge in [-0.3, -0.25) is 10.1 Å². The molecular formula is C13H10FN3O4. The van der Waals surface area contributed by atoms with Gasteiger partial charge in [0.15, 0.2) is 0 Å². The zero-order valence-corrected chi connectivity index (χ0v) is 10.5. The Balaban J connectivity index is 2.07. The molecule has 21 heavy (non-hydrogen) atoms. The molecule has 0 fully saturated rings. The smallest absolute Gasteiger partial charge is 0.323 e. The lowest BCUT2D eigenvalue weighted by Crippen LogP contribution is -2.19. The number of anilines is 2. The van der Waals surface area contributed by atoms with Gasteiger partial charge in [-0.2, -0.15) is 4.39 Å². The first-order valence-corrected chi connectivity index (χ1v) is 5.76. The number of carbonyl (C=O) groups excluding carboxylic acids is 1. The number of nitrogens with one attached hydrogen (secondary N) is 2. The highest BCUT2D eigenvalue weighted by atomic mass is 19.1. The Bertz CT molecular complexity index is 688. The molecule has 0 heterocycles. The maximum Gasteiger partial charge on any atom is 0.323 e. The maximum atomic E-state index is 13.1. The zero-order chi connectivity index (χ0) is 15.4. The van der Waals surface area contributed by atoms with E-state index >= 15 is 0 Å². The lowest BCUT2D eigenvalue weighted by Gasteiger charge is -2.07. The molecule has 0 aromatic heterocycles. The maximum absolute atomic E-state index is 13.1. The molecule has 0 aliphatic rings. The number of phenolic OH excluding ortho intramolecular Hbond substituents is 1. The molecule has 0 saturated carbocycles. The Morgan fingerprint density at radius 1 is 1.10 bits per heavy atom. The number of aromatic hydroxyl groups is 1. The topological polar surface area (TPSA) is 104 Å². The van der Waals surface area contributed by atoms with Crippen LogP contribution in [0.3, 0.4) is 0 Å². The number of carbonyl (C=O) groups is 1. The molecule has 0 unspecified atom stereocenters. The van der Waals surface area contributed by atoms with Crippen molar-refractivity contribution in [2.24, 2.45) is 0 Å². The number of benzene rings is 2. The first kappa shape index (κ1) is 14.3. The van der Waals surface area contributed by atoms with E-state index in [-0.39, 0.29) is 11.4 Å². The molecule has 0 spiro atoms. The molecule has 0 saturated heterocycles. The largest absolute Gasteiger partial charge is 0.508 e. The number of nitro benzene ring substituents is 1. The first-order valence-electron chi connectivity index (χ1n) is 5.76. The Kier molecular flexibility index (Phi) is 3.98. The van der Waals surface area contributed by atoms with Crippen LogP contribution >= 0.6 is 0 Å². The summed E-state index contributed by atoms with van der Waals surface area (Å²) in [6.07, 6.45) is 0. The standard InChI is InChI=1S/C13H10FN3O4/c14-11-6-3-9(7-12(11)17(20)21)16-13(19)15-8-1-4-10(18)5-2-8/h1-7,18H,(H2,15,16,19). The van der Waals surface area contributed by atoms with Crippen LogP contribution in [0.2, 0.25) is 0 Å². The molecule has 0 aliphatic heterocycles. The second kappa shape index (κ2) is 5.87. The number of amides is 2. The molecule has 7 nitrogen and oxygen atoms in total. The summed E-state index contributed by atoms with van der Waals surface area (Å²) in [6, 6.07) is 8.10. The van der Waals surface area contributed by atoms with Crippen LogP contribution in [0.25, 0.3) is 0 Å². The molecular weight excluding hydrogens is 281 g/mol. The van der Waals surface area contributed by atoms with Crippen molar-refractivity contribution < 1.29 is 19.2 Å². The van der Waals surface area contributed by atoms with Gasteiger partial charge in [-0.1, -0.05) is 0 Å². The molecule has 2 amide bonds. The number of halogens is 1. The highest BCUT2D eigenvalue weighted by Crippen LogP contribution is 2.22. The number of hydrogen-bond donors (Lipinski definition) is 3. The second-order valence-corrected chi connectivity index (χ2v) is 4.05. The van der Waals surface area contributed by atoms with Gasteiger partial charge in [0.05, 0.1) is 4.92 Å². The van der Waals surface area contributed by atoms with Gasteiger partial charge in [0.1, 0.15) is 5.75 Å². The van der Waals surface area contributed by atoms with E-state index in [4.69, 9.17) is 5.11 Å². The van der Waals surface area contributed by atoms with Gasteiger partial charge in [-0.05, 0) is 36.4 Å². The number of urea groups is 1. The molecule has 0 bridgehead atoms. The van der Waals surface area contributed by atoms with Gasteiger partial charge in [0, 0.05) is 17.4 Å². The Morgan fingerprint density at radius 2 is 1.67 bits per heavy atom. The Labute approximate surface area is 118 Å². The lowest BCUT2D eigenvalue weighted by molar-refractivity contribution is -0.387. The predicted molar refractivity (Wildman–Crippen MR) is 73.8 cm³/mol. The zero-order valence-electron chi connectivity index (χ0n) is 10.5. The van der Waals surface area contributed by atoms with Crippen LogP contribution in [0.15, 0.2) is 42.5 Å². The summed E-state index contributed by atoms with van der Waals surface area (Å²) in [5.74, 6) is -0.931. The van der Waals surface area contributed by atoms with Crippen molar-refractivity contribution in [3.05, 3.63) is 58.4 Å². The number of rotatable bonds is 3. The van der Waals surface area contributed by atoms with Crippen LogP contribution < -0.4 is 10.6 Å². The third-order valence-corrected chi connectivity index (χ3v) is 2.53. The van der Waals surface area contributed by atoms with Crippen molar-refractivity contribution in [3.63, 3.8) is 0 Å². The van der Waals surface area contributed by atoms with Gasteiger partial charge in [0.2, 0.25) is 5.82 Å². The lowest BCUT2D eigenvalue weighted by atomic mass is 10.2. The van der Waals surface area contributed by atoms with E-state index in [1.54, 1.807) is 0 Å². The SMILES string of the molecule is O=C(Nc1ccc(O)cc1)Nc1ccc(F)c([N+](=O)[O-])c1. The summed E-state index contributed by atoms with van der Waals surface area (Å²) >= 11 is 0. The molecule has 108 valence electrons. The molecule has 2 aromatic carbocycles. The van der Waals surface area contributed by atoms with E-state index in [2.05, 4.69) is 10.6 Å². The molecule has 3 N–H and O–H groups in total. The summed E-state index contributed by atoms with van der Waals surface area (Å²) in [5, 5.41) is 24.5. The van der Waals surface area contributed by atoms with E-state index in [0.717, 1.165) is 12.1 Å². The van der Waals surface area contributed by atoms with Crippen LogP contribution in [0.4, 0.5) is 26.2 Å². The van der Waals surface area contributed by atoms with Crippen molar-refractivity contribution in [1.29, 1.82) is 0 Å². The Hall–Kier alpha value is -3.16. The summed E-state index contributed by atoms with van der Waals surface area (Å²) in [4.78, 5) is 21.4. The molecule has 0 atom stereocenters. The predicted octanol–water partition coefficient (Wildman–Crippen LogP) is 3.08. The van der Waals surface area contributed by atoms with Gasteiger partial charge in [-0.25, -0.2) is 4.79 Å². The minimum atomic E-state index is -0.982. The number of phenols is 1. The average Bonchev–Trinajstić information content (AvgIpc) is 2.43. The fraction of sp³-hybridized carbons (Fsp3) is 0. The van der Waals surface area contributed by atoms with Gasteiger partial charge < -0.3 is 15.7 Å². The molecule has 0 aliphatic carbocycles. The molecule has 0 radical (unpaired) electrons. The molecule has 2 rings (SSSR count). The third kappa shape index (κ3) is 3.66. The van der Waals surface area contributed by atoms with Crippen molar-refractivity contribution in [2.75, 3.05) is 10.6 Å². The molecule has 2 aromatic rings. The van der Waals surface area contributed by atoms with Gasteiger partial charge >= 0.3 is 11.7 Å². The van der Waals surface area contributed by atoms with E-state index in [1.807, 2.05) is 0 Å². The highest BCUT2D eigenvalue weighted by molar-refractivity contribution is 5.99. The number of hydrogen-bond acceptors (Lipinski definition) is 4. The summed E-state index contributed by atoms with van der Waals surface area (Å²) in [7, 11) is 0. The summed E-state index contributed by atoms with van der Waals surface area (Å²) in [5.41, 5.74) is -0.223.